The minimum absolute atomic E-state index is 0.158. The molecule has 4 nitrogen and oxygen atoms in total. The monoisotopic (exact) mass is 472 g/mol. The van der Waals surface area contributed by atoms with E-state index in [1.807, 2.05) is 76.2 Å². The van der Waals surface area contributed by atoms with Crippen LogP contribution < -0.4 is 5.46 Å². The van der Waals surface area contributed by atoms with Crippen LogP contribution in [0.25, 0.3) is 0 Å². The van der Waals surface area contributed by atoms with Crippen molar-refractivity contribution in [2.75, 3.05) is 0 Å². The molecular weight excluding hydrogens is 443 g/mol. The van der Waals surface area contributed by atoms with Crippen molar-refractivity contribution in [3.63, 3.8) is 0 Å². The van der Waals surface area contributed by atoms with Crippen LogP contribution in [-0.2, 0) is 31.7 Å². The second-order valence-electron chi connectivity index (χ2n) is 8.72. The molecule has 0 aliphatic carbocycles. The van der Waals surface area contributed by atoms with E-state index in [9.17, 15) is 9.59 Å². The number of carbonyl (C=O) groups is 2. The average molecular weight is 473 g/mol. The summed E-state index contributed by atoms with van der Waals surface area (Å²) >= 11 is 3.34. The largest absolute Gasteiger partial charge is 0.494 e. The van der Waals surface area contributed by atoms with E-state index in [-0.39, 0.29) is 29.9 Å². The van der Waals surface area contributed by atoms with Crippen LogP contribution in [0.4, 0.5) is 0 Å². The van der Waals surface area contributed by atoms with Gasteiger partial charge in [0, 0.05) is 17.3 Å². The molecule has 1 aliphatic heterocycles. The van der Waals surface area contributed by atoms with E-state index in [1.165, 1.54) is 0 Å². The second-order valence-corrected chi connectivity index (χ2v) is 9.64. The maximum Gasteiger partial charge on any atom is 0.494 e. The Bertz CT molecular complexity index is 892. The quantitative estimate of drug-likeness (QED) is 0.592. The van der Waals surface area contributed by atoms with Gasteiger partial charge < -0.3 is 9.31 Å². The summed E-state index contributed by atoms with van der Waals surface area (Å²) in [7, 11) is -0.364. The molecule has 2 aromatic rings. The molecule has 0 unspecified atom stereocenters. The highest BCUT2D eigenvalue weighted by Gasteiger charge is 2.51. The molecule has 0 saturated carbocycles. The summed E-state index contributed by atoms with van der Waals surface area (Å²) in [5, 5.41) is 0. The van der Waals surface area contributed by atoms with Crippen molar-refractivity contribution in [3.05, 3.63) is 64.1 Å². The van der Waals surface area contributed by atoms with Gasteiger partial charge in [-0.15, -0.1) is 0 Å². The molecule has 30 heavy (non-hydrogen) atoms. The summed E-state index contributed by atoms with van der Waals surface area (Å²) in [4.78, 5) is 21.9. The number of hydrogen-bond donors (Lipinski definition) is 0. The summed E-state index contributed by atoms with van der Waals surface area (Å²) in [5.74, 6) is 0.356. The van der Waals surface area contributed by atoms with E-state index in [0.29, 0.717) is 12.8 Å². The molecule has 0 radical (unpaired) electrons. The molecule has 3 rings (SSSR count). The first-order valence-electron chi connectivity index (χ1n) is 10.1. The summed E-state index contributed by atoms with van der Waals surface area (Å²) in [6, 6.07) is 15.7. The lowest BCUT2D eigenvalue weighted by Crippen LogP contribution is -2.41. The Morgan fingerprint density at radius 2 is 1.30 bits per heavy atom. The van der Waals surface area contributed by atoms with Crippen LogP contribution in [0.1, 0.15) is 52.7 Å². The van der Waals surface area contributed by atoms with E-state index in [0.717, 1.165) is 21.1 Å². The van der Waals surface area contributed by atoms with Gasteiger partial charge in [0.2, 0.25) is 0 Å². The van der Waals surface area contributed by atoms with Crippen molar-refractivity contribution in [2.24, 2.45) is 0 Å². The standard InChI is InChI=1S/C15H21BO3.C9H9BrO/c1-11(17)9-12-7-6-8-13(10-12)16-18-14(2,3)15(4,5)19-16;1-7(11)5-8-3-2-4-9(10)6-8/h6-8,10H,9H2,1-5H3;2-4,6H,5H2,1H3. The molecule has 160 valence electrons. The topological polar surface area (TPSA) is 52.6 Å². The van der Waals surface area contributed by atoms with Crippen molar-refractivity contribution >= 4 is 40.1 Å². The normalized spacial score (nSPS) is 16.6. The third kappa shape index (κ3) is 6.90. The van der Waals surface area contributed by atoms with Crippen molar-refractivity contribution in [1.29, 1.82) is 0 Å². The maximum absolute atomic E-state index is 11.2. The minimum Gasteiger partial charge on any atom is -0.399 e. The van der Waals surface area contributed by atoms with E-state index >= 15 is 0 Å². The predicted octanol–water partition coefficient (Wildman–Crippen LogP) is 4.70. The molecule has 0 aromatic heterocycles. The summed E-state index contributed by atoms with van der Waals surface area (Å²) in [5.41, 5.74) is 2.35. The van der Waals surface area contributed by atoms with Gasteiger partial charge in [0.25, 0.3) is 0 Å². The van der Waals surface area contributed by atoms with E-state index in [4.69, 9.17) is 9.31 Å². The molecule has 1 saturated heterocycles. The Morgan fingerprint density at radius 1 is 0.833 bits per heavy atom. The highest BCUT2D eigenvalue weighted by atomic mass is 79.9. The van der Waals surface area contributed by atoms with Gasteiger partial charge in [-0.1, -0.05) is 52.3 Å². The fourth-order valence-corrected chi connectivity index (χ4v) is 3.50. The number of hydrogen-bond acceptors (Lipinski definition) is 4. The van der Waals surface area contributed by atoms with Gasteiger partial charge in [-0.05, 0) is 70.3 Å². The van der Waals surface area contributed by atoms with Crippen LogP contribution >= 0.6 is 15.9 Å². The minimum atomic E-state index is -0.364. The highest BCUT2D eigenvalue weighted by molar-refractivity contribution is 9.10. The lowest BCUT2D eigenvalue weighted by atomic mass is 9.78. The van der Waals surface area contributed by atoms with Gasteiger partial charge >= 0.3 is 7.12 Å². The maximum atomic E-state index is 11.2. The third-order valence-electron chi connectivity index (χ3n) is 5.27. The van der Waals surface area contributed by atoms with Gasteiger partial charge in [0.05, 0.1) is 11.2 Å². The summed E-state index contributed by atoms with van der Waals surface area (Å²) in [6.45, 7) is 11.3. The smallest absolute Gasteiger partial charge is 0.399 e. The highest BCUT2D eigenvalue weighted by Crippen LogP contribution is 2.36. The predicted molar refractivity (Wildman–Crippen MR) is 125 cm³/mol. The van der Waals surface area contributed by atoms with Gasteiger partial charge in [0.1, 0.15) is 11.6 Å². The lowest BCUT2D eigenvalue weighted by molar-refractivity contribution is -0.117. The van der Waals surface area contributed by atoms with Gasteiger partial charge in [-0.3, -0.25) is 9.59 Å². The number of benzene rings is 2. The Balaban J connectivity index is 0.000000248. The zero-order valence-electron chi connectivity index (χ0n) is 18.6. The van der Waals surface area contributed by atoms with Crippen LogP contribution in [-0.4, -0.2) is 29.9 Å². The molecule has 1 aliphatic rings. The molecular formula is C24H30BBrO4. The first-order chi connectivity index (χ1) is 13.9. The first-order valence-corrected chi connectivity index (χ1v) is 10.9. The fraction of sp³-hybridized carbons (Fsp3) is 0.417. The summed E-state index contributed by atoms with van der Waals surface area (Å²) in [6.07, 6.45) is 0.979. The van der Waals surface area contributed by atoms with Crippen molar-refractivity contribution in [3.8, 4) is 0 Å². The summed E-state index contributed by atoms with van der Waals surface area (Å²) < 4.78 is 13.0. The SMILES string of the molecule is CC(=O)Cc1cccc(B2OC(C)(C)C(C)(C)O2)c1.CC(=O)Cc1cccc(Br)c1. The number of Topliss-reactive ketones (excluding diaryl/α,β-unsaturated/α-hetero) is 2. The number of halogens is 1. The zero-order valence-corrected chi connectivity index (χ0v) is 20.2. The van der Waals surface area contributed by atoms with Crippen molar-refractivity contribution < 1.29 is 18.9 Å². The van der Waals surface area contributed by atoms with Crippen molar-refractivity contribution in [1.82, 2.24) is 0 Å². The Hall–Kier alpha value is -1.76. The Kier molecular flexibility index (Phi) is 8.20. The molecule has 2 aromatic carbocycles. The molecule has 0 bridgehead atoms. The first kappa shape index (κ1) is 24.5. The molecule has 6 heteroatoms. The fourth-order valence-electron chi connectivity index (χ4n) is 3.05. The average Bonchev–Trinajstić information content (AvgIpc) is 2.82. The van der Waals surface area contributed by atoms with Crippen LogP contribution in [0, 0.1) is 0 Å². The second kappa shape index (κ2) is 10.0. The Morgan fingerprint density at radius 3 is 1.77 bits per heavy atom. The molecule has 0 N–H and O–H groups in total. The van der Waals surface area contributed by atoms with E-state index < -0.39 is 0 Å². The molecule has 1 heterocycles. The van der Waals surface area contributed by atoms with E-state index in [1.54, 1.807) is 13.8 Å². The molecule has 1 fully saturated rings. The van der Waals surface area contributed by atoms with E-state index in [2.05, 4.69) is 15.9 Å². The third-order valence-corrected chi connectivity index (χ3v) is 5.76. The van der Waals surface area contributed by atoms with Crippen LogP contribution in [0.5, 0.6) is 0 Å². The Labute approximate surface area is 188 Å². The number of ketones is 2. The van der Waals surface area contributed by atoms with Gasteiger partial charge in [-0.25, -0.2) is 0 Å². The van der Waals surface area contributed by atoms with Gasteiger partial charge in [-0.2, -0.15) is 0 Å². The molecule has 0 spiro atoms. The van der Waals surface area contributed by atoms with Crippen LogP contribution in [0.3, 0.4) is 0 Å². The number of carbonyl (C=O) groups excluding carboxylic acids is 2. The van der Waals surface area contributed by atoms with Crippen molar-refractivity contribution in [2.45, 2.75) is 65.6 Å². The van der Waals surface area contributed by atoms with Crippen LogP contribution in [0.15, 0.2) is 53.0 Å². The zero-order chi connectivity index (χ0) is 22.5. The lowest BCUT2D eigenvalue weighted by Gasteiger charge is -2.32. The van der Waals surface area contributed by atoms with Gasteiger partial charge in [0.15, 0.2) is 0 Å². The van der Waals surface area contributed by atoms with Crippen LogP contribution in [0.2, 0.25) is 0 Å². The molecule has 0 amide bonds. The number of rotatable bonds is 5. The molecule has 0 atom stereocenters.